The van der Waals surface area contributed by atoms with Gasteiger partial charge >= 0.3 is 0 Å². The van der Waals surface area contributed by atoms with Crippen LogP contribution in [0.15, 0.2) is 40.9 Å². The lowest BCUT2D eigenvalue weighted by atomic mass is 10.1. The Morgan fingerprint density at radius 3 is 2.72 bits per heavy atom. The quantitative estimate of drug-likeness (QED) is 0.612. The third kappa shape index (κ3) is 5.46. The smallest absolute Gasteiger partial charge is 0.253 e. The molecule has 2 amide bonds. The number of carbonyl (C=O) groups excluding carboxylic acids is 2. The number of halogens is 2. The molecule has 0 aromatic heterocycles. The highest BCUT2D eigenvalue weighted by atomic mass is 79.9. The molecule has 25 heavy (non-hydrogen) atoms. The van der Waals surface area contributed by atoms with Gasteiger partial charge in [-0.25, -0.2) is 4.39 Å². The van der Waals surface area contributed by atoms with Crippen LogP contribution >= 0.6 is 15.9 Å². The molecule has 132 valence electrons. The summed E-state index contributed by atoms with van der Waals surface area (Å²) < 4.78 is 19.9. The lowest BCUT2D eigenvalue weighted by Crippen LogP contribution is -2.19. The van der Waals surface area contributed by atoms with Crippen LogP contribution in [0.1, 0.15) is 17.3 Å². The highest BCUT2D eigenvalue weighted by Gasteiger charge is 2.15. The van der Waals surface area contributed by atoms with Gasteiger partial charge in [0.2, 0.25) is 5.91 Å². The van der Waals surface area contributed by atoms with Gasteiger partial charge in [0.15, 0.2) is 0 Å². The first kappa shape index (κ1) is 18.7. The van der Waals surface area contributed by atoms with Crippen LogP contribution in [-0.2, 0) is 4.79 Å². The number of ether oxygens (including phenoxy) is 1. The van der Waals surface area contributed by atoms with Gasteiger partial charge in [0.1, 0.15) is 18.2 Å². The first-order valence-electron chi connectivity index (χ1n) is 7.40. The Hall–Kier alpha value is -2.61. The standard InChI is InChI=1S/C17H17BrFN3O3/c1-10(23)22-12-3-2-4-13(9-12)25-6-5-21-15-8-11(18)7-14(19)16(15)17(20)24/h2-4,7-9,21H,5-6H2,1H3,(H2,20,24)(H,22,23). The van der Waals surface area contributed by atoms with Crippen LogP contribution in [0, 0.1) is 5.82 Å². The fraction of sp³-hybridized carbons (Fsp3) is 0.176. The number of rotatable bonds is 7. The summed E-state index contributed by atoms with van der Waals surface area (Å²) in [5.74, 6) is -1.15. The summed E-state index contributed by atoms with van der Waals surface area (Å²) in [6.45, 7) is 2.00. The average molecular weight is 410 g/mol. The minimum absolute atomic E-state index is 0.172. The van der Waals surface area contributed by atoms with Crippen molar-refractivity contribution >= 4 is 39.1 Å². The van der Waals surface area contributed by atoms with Gasteiger partial charge in [0.05, 0.1) is 11.3 Å². The van der Waals surface area contributed by atoms with Crippen LogP contribution in [0.4, 0.5) is 15.8 Å². The number of primary amides is 1. The second kappa shape index (κ2) is 8.48. The first-order valence-corrected chi connectivity index (χ1v) is 8.19. The summed E-state index contributed by atoms with van der Waals surface area (Å²) in [5.41, 5.74) is 5.93. The van der Waals surface area contributed by atoms with Crippen LogP contribution in [-0.4, -0.2) is 25.0 Å². The normalized spacial score (nSPS) is 10.2. The second-order valence-electron chi connectivity index (χ2n) is 5.16. The van der Waals surface area contributed by atoms with Crippen molar-refractivity contribution < 1.29 is 18.7 Å². The minimum Gasteiger partial charge on any atom is -0.492 e. The number of amides is 2. The van der Waals surface area contributed by atoms with E-state index in [2.05, 4.69) is 26.6 Å². The predicted molar refractivity (Wildman–Crippen MR) is 97.3 cm³/mol. The van der Waals surface area contributed by atoms with Gasteiger partial charge in [-0.05, 0) is 24.3 Å². The molecule has 2 aromatic carbocycles. The molecule has 2 rings (SSSR count). The minimum atomic E-state index is -0.851. The van der Waals surface area contributed by atoms with Crippen molar-refractivity contribution in [2.45, 2.75) is 6.92 Å². The maximum absolute atomic E-state index is 13.8. The van der Waals surface area contributed by atoms with E-state index in [-0.39, 0.29) is 23.8 Å². The van der Waals surface area contributed by atoms with Crippen LogP contribution < -0.4 is 21.1 Å². The Balaban J connectivity index is 1.96. The average Bonchev–Trinajstić information content (AvgIpc) is 2.50. The van der Waals surface area contributed by atoms with E-state index in [0.717, 1.165) is 0 Å². The second-order valence-corrected chi connectivity index (χ2v) is 6.07. The topological polar surface area (TPSA) is 93.4 Å². The summed E-state index contributed by atoms with van der Waals surface area (Å²) in [5, 5.41) is 5.59. The van der Waals surface area contributed by atoms with Crippen LogP contribution in [0.5, 0.6) is 5.75 Å². The zero-order valence-corrected chi connectivity index (χ0v) is 15.0. The summed E-state index contributed by atoms with van der Waals surface area (Å²) in [6, 6.07) is 9.68. The number of hydrogen-bond donors (Lipinski definition) is 3. The molecule has 0 aliphatic carbocycles. The van der Waals surface area contributed by atoms with E-state index in [1.54, 1.807) is 30.3 Å². The third-order valence-corrected chi connectivity index (χ3v) is 3.60. The molecule has 0 aliphatic heterocycles. The summed E-state index contributed by atoms with van der Waals surface area (Å²) in [6.07, 6.45) is 0. The number of nitrogens with two attached hydrogens (primary N) is 1. The van der Waals surface area contributed by atoms with Gasteiger partial charge in [0.25, 0.3) is 5.91 Å². The van der Waals surface area contributed by atoms with Crippen LogP contribution in [0.3, 0.4) is 0 Å². The Morgan fingerprint density at radius 1 is 1.28 bits per heavy atom. The van der Waals surface area contributed by atoms with Gasteiger partial charge in [-0.15, -0.1) is 0 Å². The molecule has 0 unspecified atom stereocenters. The molecule has 0 bridgehead atoms. The Morgan fingerprint density at radius 2 is 2.04 bits per heavy atom. The molecule has 0 saturated heterocycles. The van der Waals surface area contributed by atoms with E-state index in [4.69, 9.17) is 10.5 Å². The molecule has 0 atom stereocenters. The van der Waals surface area contributed by atoms with E-state index in [9.17, 15) is 14.0 Å². The summed E-state index contributed by atoms with van der Waals surface area (Å²) in [4.78, 5) is 22.4. The van der Waals surface area contributed by atoms with E-state index in [1.807, 2.05) is 0 Å². The molecule has 0 spiro atoms. The van der Waals surface area contributed by atoms with Crippen molar-refractivity contribution in [1.29, 1.82) is 0 Å². The van der Waals surface area contributed by atoms with E-state index >= 15 is 0 Å². The third-order valence-electron chi connectivity index (χ3n) is 3.14. The van der Waals surface area contributed by atoms with Crippen LogP contribution in [0.25, 0.3) is 0 Å². The molecule has 0 heterocycles. The van der Waals surface area contributed by atoms with Crippen molar-refractivity contribution in [2.75, 3.05) is 23.8 Å². The number of benzene rings is 2. The van der Waals surface area contributed by atoms with Crippen molar-refractivity contribution in [2.24, 2.45) is 5.73 Å². The fourth-order valence-corrected chi connectivity index (χ4v) is 2.61. The maximum atomic E-state index is 13.8. The van der Waals surface area contributed by atoms with Gasteiger partial charge in [-0.1, -0.05) is 22.0 Å². The molecule has 2 aromatic rings. The van der Waals surface area contributed by atoms with Crippen molar-refractivity contribution in [1.82, 2.24) is 0 Å². The molecule has 6 nitrogen and oxygen atoms in total. The highest BCUT2D eigenvalue weighted by Crippen LogP contribution is 2.24. The summed E-state index contributed by atoms with van der Waals surface area (Å²) >= 11 is 3.17. The number of nitrogens with one attached hydrogen (secondary N) is 2. The molecular formula is C17H17BrFN3O3. The number of carbonyl (C=O) groups is 2. The lowest BCUT2D eigenvalue weighted by molar-refractivity contribution is -0.114. The zero-order chi connectivity index (χ0) is 18.4. The molecule has 8 heteroatoms. The SMILES string of the molecule is CC(=O)Nc1cccc(OCCNc2cc(Br)cc(F)c2C(N)=O)c1. The van der Waals surface area contributed by atoms with Gasteiger partial charge in [0, 0.05) is 29.7 Å². The molecular weight excluding hydrogens is 393 g/mol. The number of anilines is 2. The van der Waals surface area contributed by atoms with E-state index in [0.29, 0.717) is 22.5 Å². The Bertz CT molecular complexity index is 799. The lowest BCUT2D eigenvalue weighted by Gasteiger charge is -2.13. The van der Waals surface area contributed by atoms with Crippen LogP contribution in [0.2, 0.25) is 0 Å². The van der Waals surface area contributed by atoms with E-state index in [1.165, 1.54) is 13.0 Å². The fourth-order valence-electron chi connectivity index (χ4n) is 2.18. The first-order chi connectivity index (χ1) is 11.9. The maximum Gasteiger partial charge on any atom is 0.253 e. The van der Waals surface area contributed by atoms with Gasteiger partial charge < -0.3 is 21.1 Å². The summed E-state index contributed by atoms with van der Waals surface area (Å²) in [7, 11) is 0. The Labute approximate surface area is 152 Å². The van der Waals surface area contributed by atoms with Gasteiger partial charge in [-0.3, -0.25) is 9.59 Å². The van der Waals surface area contributed by atoms with Crippen molar-refractivity contribution in [3.8, 4) is 5.75 Å². The molecule has 0 fully saturated rings. The molecule has 0 radical (unpaired) electrons. The highest BCUT2D eigenvalue weighted by molar-refractivity contribution is 9.10. The molecule has 0 saturated carbocycles. The number of hydrogen-bond acceptors (Lipinski definition) is 4. The molecule has 4 N–H and O–H groups in total. The molecule has 0 aliphatic rings. The monoisotopic (exact) mass is 409 g/mol. The van der Waals surface area contributed by atoms with Crippen molar-refractivity contribution in [3.05, 3.63) is 52.3 Å². The van der Waals surface area contributed by atoms with Gasteiger partial charge in [-0.2, -0.15) is 0 Å². The predicted octanol–water partition coefficient (Wildman–Crippen LogP) is 3.14. The Kier molecular flexibility index (Phi) is 6.35. The van der Waals surface area contributed by atoms with E-state index < -0.39 is 11.7 Å². The van der Waals surface area contributed by atoms with Crippen molar-refractivity contribution in [3.63, 3.8) is 0 Å². The zero-order valence-electron chi connectivity index (χ0n) is 13.4. The largest absolute Gasteiger partial charge is 0.492 e.